The quantitative estimate of drug-likeness (QED) is 0.848. The number of rotatable bonds is 2. The molecule has 0 aliphatic carbocycles. The molecule has 2 aromatic carbocycles. The molecule has 0 saturated heterocycles. The number of sulfonamides is 1. The first-order valence-electron chi connectivity index (χ1n) is 6.94. The maximum Gasteiger partial charge on any atom is 0.342 e. The number of anilines is 2. The summed E-state index contributed by atoms with van der Waals surface area (Å²) in [4.78, 5) is 14.0. The monoisotopic (exact) mass is 332 g/mol. The highest BCUT2D eigenvalue weighted by Crippen LogP contribution is 2.38. The van der Waals surface area contributed by atoms with Crippen molar-refractivity contribution in [3.05, 3.63) is 48.0 Å². The predicted molar refractivity (Wildman–Crippen MR) is 87.6 cm³/mol. The second-order valence-electron chi connectivity index (χ2n) is 5.28. The summed E-state index contributed by atoms with van der Waals surface area (Å²) in [5.41, 5.74) is 1.60. The molecule has 0 aromatic heterocycles. The highest BCUT2D eigenvalue weighted by atomic mass is 32.2. The number of methoxy groups -OCH3 is 1. The number of nitrogens with zero attached hydrogens (tertiary/aromatic N) is 2. The van der Waals surface area contributed by atoms with E-state index in [4.69, 9.17) is 4.74 Å². The van der Waals surface area contributed by atoms with E-state index in [1.807, 2.05) is 6.92 Å². The van der Waals surface area contributed by atoms with Gasteiger partial charge in [0.15, 0.2) is 0 Å². The molecule has 1 aliphatic heterocycles. The summed E-state index contributed by atoms with van der Waals surface area (Å²) in [6.07, 6.45) is 0. The summed E-state index contributed by atoms with van der Waals surface area (Å²) in [5.74, 6) is 0.488. The Hall–Kier alpha value is -2.54. The molecule has 0 unspecified atom stereocenters. The molecule has 23 heavy (non-hydrogen) atoms. The van der Waals surface area contributed by atoms with Crippen LogP contribution in [-0.4, -0.2) is 28.6 Å². The van der Waals surface area contributed by atoms with Crippen LogP contribution in [0.2, 0.25) is 0 Å². The van der Waals surface area contributed by atoms with Crippen LogP contribution >= 0.6 is 0 Å². The number of fused-ring (bicyclic) bond motifs is 1. The first kappa shape index (κ1) is 15.4. The topological polar surface area (TPSA) is 66.9 Å². The smallest absolute Gasteiger partial charge is 0.342 e. The fraction of sp³-hybridized carbons (Fsp3) is 0.188. The fourth-order valence-corrected chi connectivity index (χ4v) is 4.10. The molecule has 0 radical (unpaired) electrons. The van der Waals surface area contributed by atoms with Gasteiger partial charge in [0.05, 0.1) is 18.5 Å². The van der Waals surface area contributed by atoms with Crippen LogP contribution in [0.1, 0.15) is 5.56 Å². The number of hydrogen-bond donors (Lipinski definition) is 0. The van der Waals surface area contributed by atoms with E-state index >= 15 is 0 Å². The molecule has 120 valence electrons. The van der Waals surface area contributed by atoms with Gasteiger partial charge in [-0.2, -0.15) is 4.31 Å². The lowest BCUT2D eigenvalue weighted by molar-refractivity contribution is 0.255. The minimum Gasteiger partial charge on any atom is -0.497 e. The minimum atomic E-state index is -3.97. The Balaban J connectivity index is 2.21. The lowest BCUT2D eigenvalue weighted by Crippen LogP contribution is -2.49. The van der Waals surface area contributed by atoms with Gasteiger partial charge in [-0.3, -0.25) is 4.90 Å². The van der Waals surface area contributed by atoms with Gasteiger partial charge in [-0.1, -0.05) is 17.7 Å². The van der Waals surface area contributed by atoms with E-state index in [2.05, 4.69) is 0 Å². The van der Waals surface area contributed by atoms with E-state index in [0.29, 0.717) is 17.1 Å². The second-order valence-corrected chi connectivity index (χ2v) is 7.04. The Labute approximate surface area is 134 Å². The standard InChI is InChI=1S/C16H16N2O4S/c1-11-4-6-12(7-5-11)18-16(19)17(2)14-10-13(22-3)8-9-15(14)23(18,20)21/h4-10H,1-3H3. The number of hydrogen-bond acceptors (Lipinski definition) is 4. The van der Waals surface area contributed by atoms with E-state index in [-0.39, 0.29) is 4.90 Å². The molecule has 0 bridgehead atoms. The summed E-state index contributed by atoms with van der Waals surface area (Å²) in [5, 5.41) is 0. The van der Waals surface area contributed by atoms with Crippen LogP contribution in [0.5, 0.6) is 5.75 Å². The molecule has 1 aliphatic rings. The van der Waals surface area contributed by atoms with Crippen molar-refractivity contribution in [2.75, 3.05) is 23.4 Å². The van der Waals surface area contributed by atoms with Gasteiger partial charge in [0, 0.05) is 13.1 Å². The van der Waals surface area contributed by atoms with Gasteiger partial charge in [0.2, 0.25) is 0 Å². The van der Waals surface area contributed by atoms with Gasteiger partial charge in [0.1, 0.15) is 10.6 Å². The number of carbonyl (C=O) groups is 1. The van der Waals surface area contributed by atoms with Crippen molar-refractivity contribution in [3.63, 3.8) is 0 Å². The molecule has 7 heteroatoms. The van der Waals surface area contributed by atoms with E-state index in [0.717, 1.165) is 9.87 Å². The van der Waals surface area contributed by atoms with Crippen LogP contribution in [0, 0.1) is 6.92 Å². The van der Waals surface area contributed by atoms with Crippen LogP contribution in [-0.2, 0) is 10.0 Å². The molecule has 0 N–H and O–H groups in total. The van der Waals surface area contributed by atoms with Crippen LogP contribution in [0.15, 0.2) is 47.4 Å². The van der Waals surface area contributed by atoms with E-state index < -0.39 is 16.1 Å². The SMILES string of the molecule is COc1ccc2c(c1)N(C)C(=O)N(c1ccc(C)cc1)S2(=O)=O. The first-order chi connectivity index (χ1) is 10.9. The van der Waals surface area contributed by atoms with Crippen molar-refractivity contribution >= 4 is 27.4 Å². The Kier molecular flexibility index (Phi) is 3.52. The molecular formula is C16H16N2O4S. The van der Waals surface area contributed by atoms with Gasteiger partial charge in [-0.05, 0) is 31.2 Å². The molecular weight excluding hydrogens is 316 g/mol. The van der Waals surface area contributed by atoms with E-state index in [1.54, 1.807) is 30.3 Å². The number of carbonyl (C=O) groups excluding carboxylic acids is 1. The van der Waals surface area contributed by atoms with Crippen molar-refractivity contribution in [1.29, 1.82) is 0 Å². The van der Waals surface area contributed by atoms with Gasteiger partial charge in [-0.15, -0.1) is 0 Å². The Bertz CT molecular complexity index is 875. The molecule has 0 saturated carbocycles. The summed E-state index contributed by atoms with van der Waals surface area (Å²) in [7, 11) is -0.945. The van der Waals surface area contributed by atoms with Crippen molar-refractivity contribution < 1.29 is 17.9 Å². The lowest BCUT2D eigenvalue weighted by atomic mass is 10.2. The van der Waals surface area contributed by atoms with Crippen molar-refractivity contribution in [3.8, 4) is 5.75 Å². The molecule has 0 fully saturated rings. The Morgan fingerprint density at radius 3 is 2.30 bits per heavy atom. The summed E-state index contributed by atoms with van der Waals surface area (Å²) in [6, 6.07) is 10.7. The molecule has 2 aromatic rings. The molecule has 0 spiro atoms. The van der Waals surface area contributed by atoms with Gasteiger partial charge < -0.3 is 4.74 Å². The summed E-state index contributed by atoms with van der Waals surface area (Å²) >= 11 is 0. The van der Waals surface area contributed by atoms with Gasteiger partial charge in [-0.25, -0.2) is 13.2 Å². The minimum absolute atomic E-state index is 0.0703. The summed E-state index contributed by atoms with van der Waals surface area (Å²) < 4.78 is 31.7. The largest absolute Gasteiger partial charge is 0.497 e. The van der Waals surface area contributed by atoms with Crippen LogP contribution < -0.4 is 13.9 Å². The molecule has 6 nitrogen and oxygen atoms in total. The van der Waals surface area contributed by atoms with Gasteiger partial charge in [0.25, 0.3) is 10.0 Å². The number of aryl methyl sites for hydroxylation is 1. The lowest BCUT2D eigenvalue weighted by Gasteiger charge is -2.34. The number of benzene rings is 2. The number of amides is 2. The first-order valence-corrected chi connectivity index (χ1v) is 8.38. The van der Waals surface area contributed by atoms with Crippen molar-refractivity contribution in [2.45, 2.75) is 11.8 Å². The third kappa shape index (κ3) is 2.33. The molecule has 2 amide bonds. The van der Waals surface area contributed by atoms with Crippen LogP contribution in [0.25, 0.3) is 0 Å². The maximum atomic E-state index is 12.9. The average molecular weight is 332 g/mol. The van der Waals surface area contributed by atoms with E-state index in [1.165, 1.54) is 31.2 Å². The summed E-state index contributed by atoms with van der Waals surface area (Å²) in [6.45, 7) is 1.89. The van der Waals surface area contributed by atoms with Crippen molar-refractivity contribution in [1.82, 2.24) is 0 Å². The number of urea groups is 1. The van der Waals surface area contributed by atoms with Gasteiger partial charge >= 0.3 is 6.03 Å². The molecule has 0 atom stereocenters. The maximum absolute atomic E-state index is 12.9. The third-order valence-electron chi connectivity index (χ3n) is 3.77. The zero-order chi connectivity index (χ0) is 16.8. The highest BCUT2D eigenvalue weighted by Gasteiger charge is 2.41. The molecule has 1 heterocycles. The average Bonchev–Trinajstić information content (AvgIpc) is 2.54. The Morgan fingerprint density at radius 2 is 1.70 bits per heavy atom. The second kappa shape index (κ2) is 5.27. The normalized spacial score (nSPS) is 16.2. The highest BCUT2D eigenvalue weighted by molar-refractivity contribution is 7.94. The molecule has 3 rings (SSSR count). The predicted octanol–water partition coefficient (Wildman–Crippen LogP) is 2.77. The Morgan fingerprint density at radius 1 is 1.04 bits per heavy atom. The fourth-order valence-electron chi connectivity index (χ4n) is 2.47. The zero-order valence-electron chi connectivity index (χ0n) is 13.0. The van der Waals surface area contributed by atoms with Crippen LogP contribution in [0.3, 0.4) is 0 Å². The van der Waals surface area contributed by atoms with Crippen LogP contribution in [0.4, 0.5) is 16.2 Å². The van der Waals surface area contributed by atoms with E-state index in [9.17, 15) is 13.2 Å². The van der Waals surface area contributed by atoms with Crippen molar-refractivity contribution in [2.24, 2.45) is 0 Å². The third-order valence-corrected chi connectivity index (χ3v) is 5.52. The number of ether oxygens (including phenoxy) is 1. The zero-order valence-corrected chi connectivity index (χ0v) is 13.8.